The van der Waals surface area contributed by atoms with Crippen molar-refractivity contribution >= 4 is 29.9 Å². The highest BCUT2D eigenvalue weighted by molar-refractivity contribution is 14.0. The monoisotopic (exact) mass is 525 g/mol. The number of hydrogen-bond acceptors (Lipinski definition) is 4. The topological polar surface area (TPSA) is 64.1 Å². The molecule has 6 nitrogen and oxygen atoms in total. The standard InChI is InChI=1S/C23H31N3O3.HI/c1-4-24-23(26-15-19-9-7-11-21(27-2)22(19)28-3)25-14-18-8-5-6-10-20(18)29-16-17-12-13-17;/h5-11,17H,4,12-16H2,1-3H3,(H2,24,25,26);1H. The second-order valence-corrected chi connectivity index (χ2v) is 7.06. The fourth-order valence-electron chi connectivity index (χ4n) is 3.05. The zero-order valence-electron chi connectivity index (χ0n) is 17.9. The molecule has 0 aliphatic heterocycles. The van der Waals surface area contributed by atoms with Gasteiger partial charge in [0.2, 0.25) is 0 Å². The van der Waals surface area contributed by atoms with Gasteiger partial charge in [-0.05, 0) is 37.8 Å². The van der Waals surface area contributed by atoms with E-state index in [9.17, 15) is 0 Å². The Morgan fingerprint density at radius 1 is 0.967 bits per heavy atom. The van der Waals surface area contributed by atoms with Crippen LogP contribution in [-0.2, 0) is 13.1 Å². The van der Waals surface area contributed by atoms with Gasteiger partial charge in [0, 0.05) is 24.2 Å². The Kier molecular flexibility index (Phi) is 10.1. The highest BCUT2D eigenvalue weighted by Gasteiger charge is 2.22. The van der Waals surface area contributed by atoms with Crippen LogP contribution in [-0.4, -0.2) is 33.3 Å². The fraction of sp³-hybridized carbons (Fsp3) is 0.435. The summed E-state index contributed by atoms with van der Waals surface area (Å²) in [5.74, 6) is 3.84. The molecular formula is C23H32IN3O3. The first-order chi connectivity index (χ1) is 14.2. The molecule has 7 heteroatoms. The van der Waals surface area contributed by atoms with Crippen LogP contribution in [0.3, 0.4) is 0 Å². The predicted octanol–water partition coefficient (Wildman–Crippen LogP) is 4.37. The van der Waals surface area contributed by atoms with E-state index in [1.54, 1.807) is 14.2 Å². The number of halogens is 1. The fourth-order valence-corrected chi connectivity index (χ4v) is 3.05. The van der Waals surface area contributed by atoms with Crippen molar-refractivity contribution in [3.8, 4) is 17.2 Å². The minimum absolute atomic E-state index is 0. The van der Waals surface area contributed by atoms with E-state index >= 15 is 0 Å². The molecule has 3 rings (SSSR count). The van der Waals surface area contributed by atoms with Crippen molar-refractivity contribution in [2.75, 3.05) is 27.4 Å². The Bertz CT molecular complexity index is 825. The minimum atomic E-state index is 0. The molecule has 2 N–H and O–H groups in total. The summed E-state index contributed by atoms with van der Waals surface area (Å²) in [4.78, 5) is 4.71. The van der Waals surface area contributed by atoms with E-state index < -0.39 is 0 Å². The predicted molar refractivity (Wildman–Crippen MR) is 131 cm³/mol. The van der Waals surface area contributed by atoms with Crippen molar-refractivity contribution in [1.29, 1.82) is 0 Å². The number of hydrogen-bond donors (Lipinski definition) is 2. The summed E-state index contributed by atoms with van der Waals surface area (Å²) in [6, 6.07) is 14.0. The van der Waals surface area contributed by atoms with Crippen LogP contribution in [0.15, 0.2) is 47.5 Å². The Balaban J connectivity index is 0.00000320. The van der Waals surface area contributed by atoms with Crippen LogP contribution in [0.1, 0.15) is 30.9 Å². The molecular weight excluding hydrogens is 493 g/mol. The van der Waals surface area contributed by atoms with Crippen molar-refractivity contribution < 1.29 is 14.2 Å². The molecule has 1 saturated carbocycles. The number of nitrogens with zero attached hydrogens (tertiary/aromatic N) is 1. The summed E-state index contributed by atoms with van der Waals surface area (Å²) < 4.78 is 16.9. The van der Waals surface area contributed by atoms with Crippen LogP contribution in [0.4, 0.5) is 0 Å². The highest BCUT2D eigenvalue weighted by Crippen LogP contribution is 2.31. The van der Waals surface area contributed by atoms with Crippen LogP contribution in [0, 0.1) is 5.92 Å². The molecule has 0 unspecified atom stereocenters. The molecule has 0 amide bonds. The summed E-state index contributed by atoms with van der Waals surface area (Å²) in [6.07, 6.45) is 2.57. The van der Waals surface area contributed by atoms with Crippen molar-refractivity contribution in [1.82, 2.24) is 10.6 Å². The number of guanidine groups is 1. The van der Waals surface area contributed by atoms with Crippen molar-refractivity contribution in [2.45, 2.75) is 32.9 Å². The number of aliphatic imine (C=N–C) groups is 1. The van der Waals surface area contributed by atoms with Gasteiger partial charge in [0.05, 0.1) is 27.4 Å². The van der Waals surface area contributed by atoms with Crippen LogP contribution in [0.5, 0.6) is 17.2 Å². The van der Waals surface area contributed by atoms with E-state index in [0.717, 1.165) is 41.9 Å². The molecule has 1 aliphatic carbocycles. The van der Waals surface area contributed by atoms with Gasteiger partial charge in [-0.3, -0.25) is 0 Å². The quantitative estimate of drug-likeness (QED) is 0.274. The Morgan fingerprint density at radius 3 is 2.40 bits per heavy atom. The Hall–Kier alpha value is -2.16. The van der Waals surface area contributed by atoms with Crippen LogP contribution in [0.2, 0.25) is 0 Å². The van der Waals surface area contributed by atoms with Gasteiger partial charge in [-0.25, -0.2) is 4.99 Å². The summed E-state index contributed by atoms with van der Waals surface area (Å²) in [7, 11) is 3.28. The van der Waals surface area contributed by atoms with Gasteiger partial charge in [0.15, 0.2) is 17.5 Å². The number of rotatable bonds is 10. The van der Waals surface area contributed by atoms with Gasteiger partial charge < -0.3 is 24.8 Å². The number of nitrogens with one attached hydrogen (secondary N) is 2. The molecule has 0 spiro atoms. The lowest BCUT2D eigenvalue weighted by Crippen LogP contribution is -2.36. The van der Waals surface area contributed by atoms with Gasteiger partial charge in [0.1, 0.15) is 5.75 Å². The number of benzene rings is 2. The molecule has 1 fully saturated rings. The van der Waals surface area contributed by atoms with Crippen LogP contribution >= 0.6 is 24.0 Å². The third-order valence-electron chi connectivity index (χ3n) is 4.83. The number of ether oxygens (including phenoxy) is 3. The first-order valence-electron chi connectivity index (χ1n) is 10.2. The molecule has 0 aromatic heterocycles. The zero-order valence-corrected chi connectivity index (χ0v) is 20.3. The maximum atomic E-state index is 6.01. The van der Waals surface area contributed by atoms with E-state index in [2.05, 4.69) is 23.6 Å². The third kappa shape index (κ3) is 6.97. The lowest BCUT2D eigenvalue weighted by atomic mass is 10.2. The smallest absolute Gasteiger partial charge is 0.191 e. The molecule has 2 aromatic carbocycles. The van der Waals surface area contributed by atoms with Crippen LogP contribution in [0.25, 0.3) is 0 Å². The molecule has 0 radical (unpaired) electrons. The molecule has 164 valence electrons. The summed E-state index contributed by atoms with van der Waals surface area (Å²) in [5, 5.41) is 6.70. The van der Waals surface area contributed by atoms with E-state index in [0.29, 0.717) is 24.6 Å². The van der Waals surface area contributed by atoms with Crippen molar-refractivity contribution in [3.05, 3.63) is 53.6 Å². The van der Waals surface area contributed by atoms with Gasteiger partial charge >= 0.3 is 0 Å². The maximum Gasteiger partial charge on any atom is 0.191 e. The average molecular weight is 525 g/mol. The minimum Gasteiger partial charge on any atom is -0.493 e. The van der Waals surface area contributed by atoms with E-state index in [1.165, 1.54) is 12.8 Å². The normalized spacial score (nSPS) is 13.2. The molecule has 1 aliphatic rings. The molecule has 2 aromatic rings. The second kappa shape index (κ2) is 12.5. The zero-order chi connectivity index (χ0) is 20.5. The summed E-state index contributed by atoms with van der Waals surface area (Å²) >= 11 is 0. The van der Waals surface area contributed by atoms with E-state index in [4.69, 9.17) is 19.2 Å². The lowest BCUT2D eigenvalue weighted by molar-refractivity contribution is 0.296. The van der Waals surface area contributed by atoms with Crippen molar-refractivity contribution in [3.63, 3.8) is 0 Å². The van der Waals surface area contributed by atoms with E-state index in [1.807, 2.05) is 36.4 Å². The second-order valence-electron chi connectivity index (χ2n) is 7.06. The number of para-hydroxylation sites is 2. The van der Waals surface area contributed by atoms with Gasteiger partial charge in [-0.1, -0.05) is 30.3 Å². The Morgan fingerprint density at radius 2 is 1.70 bits per heavy atom. The van der Waals surface area contributed by atoms with Gasteiger partial charge in [-0.15, -0.1) is 24.0 Å². The van der Waals surface area contributed by atoms with Gasteiger partial charge in [-0.2, -0.15) is 0 Å². The molecule has 0 heterocycles. The summed E-state index contributed by atoms with van der Waals surface area (Å²) in [6.45, 7) is 4.76. The highest BCUT2D eigenvalue weighted by atomic mass is 127. The summed E-state index contributed by atoms with van der Waals surface area (Å²) in [5.41, 5.74) is 2.09. The van der Waals surface area contributed by atoms with Crippen molar-refractivity contribution in [2.24, 2.45) is 10.9 Å². The molecule has 0 bridgehead atoms. The maximum absolute atomic E-state index is 6.01. The first-order valence-corrected chi connectivity index (χ1v) is 10.2. The third-order valence-corrected chi connectivity index (χ3v) is 4.83. The average Bonchev–Trinajstić information content (AvgIpc) is 3.59. The SMILES string of the molecule is CCNC(=NCc1cccc(OC)c1OC)NCc1ccccc1OCC1CC1.I. The lowest BCUT2D eigenvalue weighted by Gasteiger charge is -2.15. The molecule has 30 heavy (non-hydrogen) atoms. The largest absolute Gasteiger partial charge is 0.493 e. The van der Waals surface area contributed by atoms with Gasteiger partial charge in [0.25, 0.3) is 0 Å². The Labute approximate surface area is 196 Å². The molecule has 0 saturated heterocycles. The van der Waals surface area contributed by atoms with E-state index in [-0.39, 0.29) is 24.0 Å². The van der Waals surface area contributed by atoms with Crippen LogP contribution < -0.4 is 24.8 Å². The number of methoxy groups -OCH3 is 2. The first kappa shape index (κ1) is 24.1. The molecule has 0 atom stereocenters.